The van der Waals surface area contributed by atoms with E-state index in [2.05, 4.69) is 50.2 Å². The molecule has 31 heavy (non-hydrogen) atoms. The maximum Gasteiger partial charge on any atom is 0.226 e. The van der Waals surface area contributed by atoms with E-state index < -0.39 is 0 Å². The average Bonchev–Trinajstić information content (AvgIpc) is 3.41. The number of carbonyl (C=O) groups excluding carboxylic acids is 1. The lowest BCUT2D eigenvalue weighted by Gasteiger charge is -2.32. The van der Waals surface area contributed by atoms with E-state index in [1.165, 1.54) is 10.9 Å². The monoisotopic (exact) mass is 413 g/mol. The number of carbonyl (C=O) groups is 1. The van der Waals surface area contributed by atoms with Gasteiger partial charge in [-0.3, -0.25) is 9.89 Å². The fourth-order valence-electron chi connectivity index (χ4n) is 4.50. The molecule has 158 valence electrons. The third kappa shape index (κ3) is 4.24. The second kappa shape index (κ2) is 8.38. The van der Waals surface area contributed by atoms with Crippen molar-refractivity contribution in [3.05, 3.63) is 72.2 Å². The Bertz CT molecular complexity index is 1190. The zero-order chi connectivity index (χ0) is 21.2. The molecule has 1 saturated heterocycles. The lowest BCUT2D eigenvalue weighted by Crippen LogP contribution is -2.40. The van der Waals surface area contributed by atoms with Crippen molar-refractivity contribution in [2.45, 2.75) is 32.7 Å². The van der Waals surface area contributed by atoms with Crippen LogP contribution in [0.3, 0.4) is 0 Å². The first-order chi connectivity index (χ1) is 15.2. The Morgan fingerprint density at radius 1 is 1.10 bits per heavy atom. The van der Waals surface area contributed by atoms with E-state index in [4.69, 9.17) is 0 Å². The van der Waals surface area contributed by atoms with Gasteiger partial charge in [0.2, 0.25) is 5.91 Å². The molecule has 6 heteroatoms. The van der Waals surface area contributed by atoms with Crippen LogP contribution in [0.2, 0.25) is 0 Å². The Kier molecular flexibility index (Phi) is 5.28. The molecule has 0 unspecified atom stereocenters. The van der Waals surface area contributed by atoms with Gasteiger partial charge >= 0.3 is 0 Å². The number of benzene rings is 2. The molecular formula is C25H27N5O. The topological polar surface area (TPSA) is 66.8 Å². The lowest BCUT2D eigenvalue weighted by atomic mass is 9.96. The summed E-state index contributed by atoms with van der Waals surface area (Å²) in [5, 5.41) is 8.37. The van der Waals surface area contributed by atoms with Gasteiger partial charge in [0.1, 0.15) is 5.82 Å². The second-order valence-electron chi connectivity index (χ2n) is 8.47. The summed E-state index contributed by atoms with van der Waals surface area (Å²) in [7, 11) is 0. The molecule has 1 N–H and O–H groups in total. The van der Waals surface area contributed by atoms with Gasteiger partial charge in [-0.2, -0.15) is 5.10 Å². The number of amides is 1. The number of likely N-dealkylation sites (tertiary alicyclic amines) is 1. The molecule has 4 aromatic rings. The fraction of sp³-hybridized carbons (Fsp3) is 0.320. The van der Waals surface area contributed by atoms with Gasteiger partial charge in [0, 0.05) is 42.3 Å². The number of aromatic nitrogens is 4. The smallest absolute Gasteiger partial charge is 0.226 e. The van der Waals surface area contributed by atoms with E-state index in [-0.39, 0.29) is 5.91 Å². The van der Waals surface area contributed by atoms with Crippen molar-refractivity contribution in [3.8, 4) is 11.4 Å². The van der Waals surface area contributed by atoms with Crippen molar-refractivity contribution in [1.82, 2.24) is 24.6 Å². The molecule has 2 aromatic carbocycles. The van der Waals surface area contributed by atoms with E-state index in [0.717, 1.165) is 55.3 Å². The summed E-state index contributed by atoms with van der Waals surface area (Å²) < 4.78 is 2.34. The van der Waals surface area contributed by atoms with E-state index in [1.54, 1.807) is 0 Å². The van der Waals surface area contributed by atoms with Crippen LogP contribution in [0, 0.1) is 12.8 Å². The first kappa shape index (κ1) is 19.5. The minimum Gasteiger partial charge on any atom is -0.347 e. The van der Waals surface area contributed by atoms with Gasteiger partial charge in [-0.1, -0.05) is 30.3 Å². The molecule has 3 heterocycles. The highest BCUT2D eigenvalue weighted by Gasteiger charge is 2.23. The second-order valence-corrected chi connectivity index (χ2v) is 8.47. The molecule has 0 radical (unpaired) electrons. The van der Waals surface area contributed by atoms with E-state index in [0.29, 0.717) is 12.3 Å². The number of aromatic amines is 1. The number of piperidine rings is 1. The van der Waals surface area contributed by atoms with Crippen molar-refractivity contribution >= 4 is 16.8 Å². The van der Waals surface area contributed by atoms with Gasteiger partial charge in [-0.25, -0.2) is 4.98 Å². The number of nitrogens with zero attached hydrogens (tertiary/aromatic N) is 4. The SMILES string of the molecule is Cc1nc(-c2ccc3c(ccn3CC3CCN(C(=O)Cc4ccccc4)CC3)c2)n[nH]1. The molecular weight excluding hydrogens is 386 g/mol. The highest BCUT2D eigenvalue weighted by atomic mass is 16.2. The molecule has 0 saturated carbocycles. The maximum atomic E-state index is 12.6. The van der Waals surface area contributed by atoms with E-state index >= 15 is 0 Å². The van der Waals surface area contributed by atoms with Gasteiger partial charge < -0.3 is 9.47 Å². The number of hydrogen-bond donors (Lipinski definition) is 1. The molecule has 1 fully saturated rings. The molecule has 5 rings (SSSR count). The summed E-state index contributed by atoms with van der Waals surface area (Å²) >= 11 is 0. The minimum atomic E-state index is 0.241. The maximum absolute atomic E-state index is 12.6. The average molecular weight is 414 g/mol. The fourth-order valence-corrected chi connectivity index (χ4v) is 4.50. The van der Waals surface area contributed by atoms with Crippen molar-refractivity contribution < 1.29 is 4.79 Å². The molecule has 0 spiro atoms. The summed E-state index contributed by atoms with van der Waals surface area (Å²) in [5.74, 6) is 2.39. The van der Waals surface area contributed by atoms with E-state index in [9.17, 15) is 4.79 Å². The van der Waals surface area contributed by atoms with Crippen LogP contribution in [0.25, 0.3) is 22.3 Å². The Balaban J connectivity index is 1.21. The van der Waals surface area contributed by atoms with Crippen LogP contribution in [0.5, 0.6) is 0 Å². The Labute approximate surface area is 181 Å². The molecule has 2 aromatic heterocycles. The van der Waals surface area contributed by atoms with Crippen LogP contribution in [0.1, 0.15) is 24.2 Å². The molecule has 0 atom stereocenters. The standard InChI is InChI=1S/C25H27N5O/c1-18-26-25(28-27-18)22-7-8-23-21(16-22)11-14-30(23)17-20-9-12-29(13-10-20)24(31)15-19-5-3-2-4-6-19/h2-8,11,14,16,20H,9-10,12-13,15,17H2,1H3,(H,26,27,28). The normalized spacial score (nSPS) is 14.9. The summed E-state index contributed by atoms with van der Waals surface area (Å²) in [6.07, 6.45) is 4.77. The number of nitrogens with one attached hydrogen (secondary N) is 1. The van der Waals surface area contributed by atoms with Crippen LogP contribution < -0.4 is 0 Å². The Morgan fingerprint density at radius 3 is 2.65 bits per heavy atom. The van der Waals surface area contributed by atoms with Crippen molar-refractivity contribution in [2.75, 3.05) is 13.1 Å². The predicted octanol–water partition coefficient (Wildman–Crippen LogP) is 4.22. The van der Waals surface area contributed by atoms with Crippen LogP contribution in [-0.2, 0) is 17.8 Å². The highest BCUT2D eigenvalue weighted by molar-refractivity contribution is 5.84. The number of H-pyrrole nitrogens is 1. The van der Waals surface area contributed by atoms with Gasteiger partial charge in [0.05, 0.1) is 6.42 Å². The molecule has 1 aliphatic heterocycles. The Hall–Kier alpha value is -3.41. The number of aryl methyl sites for hydroxylation is 1. The third-order valence-corrected chi connectivity index (χ3v) is 6.25. The van der Waals surface area contributed by atoms with Gasteiger partial charge in [0.25, 0.3) is 0 Å². The van der Waals surface area contributed by atoms with E-state index in [1.807, 2.05) is 42.2 Å². The molecule has 0 bridgehead atoms. The number of hydrogen-bond acceptors (Lipinski definition) is 3. The third-order valence-electron chi connectivity index (χ3n) is 6.25. The number of rotatable bonds is 5. The van der Waals surface area contributed by atoms with Gasteiger partial charge in [-0.05, 0) is 55.5 Å². The first-order valence-corrected chi connectivity index (χ1v) is 11.0. The van der Waals surface area contributed by atoms with Crippen LogP contribution >= 0.6 is 0 Å². The summed E-state index contributed by atoms with van der Waals surface area (Å²) in [6, 6.07) is 18.6. The summed E-state index contributed by atoms with van der Waals surface area (Å²) in [6.45, 7) is 4.60. The lowest BCUT2D eigenvalue weighted by molar-refractivity contribution is -0.131. The molecule has 1 amide bonds. The first-order valence-electron chi connectivity index (χ1n) is 11.0. The highest BCUT2D eigenvalue weighted by Crippen LogP contribution is 2.26. The zero-order valence-electron chi connectivity index (χ0n) is 17.8. The van der Waals surface area contributed by atoms with Crippen LogP contribution in [-0.4, -0.2) is 43.6 Å². The summed E-state index contributed by atoms with van der Waals surface area (Å²) in [5.41, 5.74) is 3.35. The van der Waals surface area contributed by atoms with Crippen molar-refractivity contribution in [1.29, 1.82) is 0 Å². The molecule has 1 aliphatic rings. The minimum absolute atomic E-state index is 0.241. The Morgan fingerprint density at radius 2 is 1.90 bits per heavy atom. The number of fused-ring (bicyclic) bond motifs is 1. The van der Waals surface area contributed by atoms with Gasteiger partial charge in [0.15, 0.2) is 5.82 Å². The van der Waals surface area contributed by atoms with Crippen molar-refractivity contribution in [3.63, 3.8) is 0 Å². The van der Waals surface area contributed by atoms with Crippen LogP contribution in [0.15, 0.2) is 60.8 Å². The van der Waals surface area contributed by atoms with Crippen molar-refractivity contribution in [2.24, 2.45) is 5.92 Å². The zero-order valence-corrected chi connectivity index (χ0v) is 17.8. The quantitative estimate of drug-likeness (QED) is 0.533. The molecule has 0 aliphatic carbocycles. The van der Waals surface area contributed by atoms with Crippen LogP contribution in [0.4, 0.5) is 0 Å². The molecule has 6 nitrogen and oxygen atoms in total. The largest absolute Gasteiger partial charge is 0.347 e. The van der Waals surface area contributed by atoms with Gasteiger partial charge in [-0.15, -0.1) is 0 Å². The summed E-state index contributed by atoms with van der Waals surface area (Å²) in [4.78, 5) is 19.1. The predicted molar refractivity (Wildman–Crippen MR) is 122 cm³/mol.